The van der Waals surface area contributed by atoms with E-state index in [0.717, 1.165) is 6.07 Å². The van der Waals surface area contributed by atoms with Crippen LogP contribution in [-0.4, -0.2) is 67.5 Å². The van der Waals surface area contributed by atoms with Crippen molar-refractivity contribution >= 4 is 35.0 Å². The highest BCUT2D eigenvalue weighted by molar-refractivity contribution is 6.35. The van der Waals surface area contributed by atoms with Crippen molar-refractivity contribution in [2.24, 2.45) is 0 Å². The lowest BCUT2D eigenvalue weighted by Crippen LogP contribution is -2.36. The molecule has 0 radical (unpaired) electrons. The van der Waals surface area contributed by atoms with Crippen molar-refractivity contribution in [2.75, 3.05) is 33.9 Å². The highest BCUT2D eigenvalue weighted by atomic mass is 35.5. The Balaban J connectivity index is 2.23. The number of nitro benzene ring substituents is 1. The van der Waals surface area contributed by atoms with Crippen LogP contribution in [0.25, 0.3) is 0 Å². The first kappa shape index (κ1) is 28.9. The minimum absolute atomic E-state index is 0.000567. The SMILES string of the molecule is CCN1CC[C@H](c2c(OC)cc(OC)c(C(C)=O)c2OC(=O)c2cccc([N+](=O)[O-])c2Cl)[C@H]1COC(C)=O. The van der Waals surface area contributed by atoms with E-state index in [0.29, 0.717) is 30.8 Å². The van der Waals surface area contributed by atoms with Crippen molar-refractivity contribution < 1.29 is 38.3 Å². The second-order valence-electron chi connectivity index (χ2n) is 8.63. The molecule has 0 bridgehead atoms. The molecule has 12 heteroatoms. The van der Waals surface area contributed by atoms with Crippen LogP contribution in [0, 0.1) is 10.1 Å². The highest BCUT2D eigenvalue weighted by Crippen LogP contribution is 2.48. The van der Waals surface area contributed by atoms with Gasteiger partial charge in [0.05, 0.1) is 30.7 Å². The van der Waals surface area contributed by atoms with E-state index in [-0.39, 0.29) is 41.2 Å². The van der Waals surface area contributed by atoms with E-state index >= 15 is 0 Å². The smallest absolute Gasteiger partial charge is 0.345 e. The molecule has 0 saturated carbocycles. The number of Topliss-reactive ketones (excluding diaryl/α,β-unsaturated/α-hetero) is 1. The third-order valence-corrected chi connectivity index (χ3v) is 6.92. The molecule has 0 aliphatic carbocycles. The minimum Gasteiger partial charge on any atom is -0.496 e. The molecule has 0 N–H and O–H groups in total. The topological polar surface area (TPSA) is 135 Å². The molecule has 1 saturated heterocycles. The fourth-order valence-corrected chi connectivity index (χ4v) is 5.06. The number of likely N-dealkylation sites (N-methyl/N-ethyl adjacent to an activating group) is 1. The summed E-state index contributed by atoms with van der Waals surface area (Å²) in [6, 6.07) is 5.01. The van der Waals surface area contributed by atoms with E-state index in [1.807, 2.05) is 6.92 Å². The van der Waals surface area contributed by atoms with Crippen LogP contribution >= 0.6 is 11.6 Å². The Labute approximate surface area is 224 Å². The first-order valence-corrected chi connectivity index (χ1v) is 12.3. The summed E-state index contributed by atoms with van der Waals surface area (Å²) >= 11 is 6.17. The zero-order valence-corrected chi connectivity index (χ0v) is 22.5. The summed E-state index contributed by atoms with van der Waals surface area (Å²) < 4.78 is 22.3. The molecule has 11 nitrogen and oxygen atoms in total. The van der Waals surface area contributed by atoms with Gasteiger partial charge in [0.1, 0.15) is 28.7 Å². The minimum atomic E-state index is -1.00. The summed E-state index contributed by atoms with van der Waals surface area (Å²) in [5, 5.41) is 11.0. The van der Waals surface area contributed by atoms with E-state index in [4.69, 9.17) is 30.5 Å². The van der Waals surface area contributed by atoms with E-state index in [2.05, 4.69) is 4.90 Å². The van der Waals surface area contributed by atoms with Crippen molar-refractivity contribution in [3.8, 4) is 17.2 Å². The van der Waals surface area contributed by atoms with Gasteiger partial charge in [-0.05, 0) is 32.5 Å². The van der Waals surface area contributed by atoms with Gasteiger partial charge in [0.2, 0.25) is 0 Å². The highest BCUT2D eigenvalue weighted by Gasteiger charge is 2.41. The van der Waals surface area contributed by atoms with E-state index in [9.17, 15) is 24.5 Å². The second kappa shape index (κ2) is 12.2. The van der Waals surface area contributed by atoms with Crippen molar-refractivity contribution in [1.29, 1.82) is 0 Å². The lowest BCUT2D eigenvalue weighted by Gasteiger charge is -2.29. The predicted octanol–water partition coefficient (Wildman–Crippen LogP) is 4.43. The fourth-order valence-electron chi connectivity index (χ4n) is 4.79. The van der Waals surface area contributed by atoms with Gasteiger partial charge in [-0.1, -0.05) is 24.6 Å². The molecular weight excluding hydrogens is 520 g/mol. The van der Waals surface area contributed by atoms with Gasteiger partial charge in [-0.3, -0.25) is 24.6 Å². The molecule has 0 spiro atoms. The fraction of sp³-hybridized carbons (Fsp3) is 0.423. The van der Waals surface area contributed by atoms with Gasteiger partial charge < -0.3 is 18.9 Å². The zero-order chi connectivity index (χ0) is 28.1. The maximum atomic E-state index is 13.4. The number of ketones is 1. The number of hydrogen-bond donors (Lipinski definition) is 0. The summed E-state index contributed by atoms with van der Waals surface area (Å²) in [7, 11) is 2.80. The molecule has 2 aromatic carbocycles. The monoisotopic (exact) mass is 548 g/mol. The molecule has 1 aliphatic heterocycles. The van der Waals surface area contributed by atoms with Crippen LogP contribution < -0.4 is 14.2 Å². The van der Waals surface area contributed by atoms with Crippen molar-refractivity contribution in [1.82, 2.24) is 4.90 Å². The Bertz CT molecular complexity index is 1260. The van der Waals surface area contributed by atoms with Gasteiger partial charge in [0.25, 0.3) is 5.69 Å². The third-order valence-electron chi connectivity index (χ3n) is 6.52. The molecule has 0 amide bonds. The Kier molecular flexibility index (Phi) is 9.29. The van der Waals surface area contributed by atoms with Gasteiger partial charge in [0.15, 0.2) is 11.5 Å². The number of benzene rings is 2. The second-order valence-corrected chi connectivity index (χ2v) is 9.01. The summed E-state index contributed by atoms with van der Waals surface area (Å²) in [5.74, 6) is -1.93. The average molecular weight is 549 g/mol. The Morgan fingerprint density at radius 1 is 1.16 bits per heavy atom. The number of likely N-dealkylation sites (tertiary alicyclic amines) is 1. The number of methoxy groups -OCH3 is 2. The van der Waals surface area contributed by atoms with Crippen molar-refractivity contribution in [3.05, 3.63) is 56.1 Å². The van der Waals surface area contributed by atoms with Gasteiger partial charge >= 0.3 is 11.9 Å². The lowest BCUT2D eigenvalue weighted by molar-refractivity contribution is -0.384. The number of carbonyl (C=O) groups excluding carboxylic acids is 3. The van der Waals surface area contributed by atoms with Crippen LogP contribution in [0.3, 0.4) is 0 Å². The standard InChI is InChI=1S/C26H29ClN2O9/c1-6-28-11-10-16(19(28)13-37-15(3)31)23-21(36-5)12-20(35-4)22(14(2)30)25(23)38-26(32)17-8-7-9-18(24(17)27)29(33)34/h7-9,12,16,19H,6,10-11,13H2,1-5H3/t16-,19+/m0/s1. The average Bonchev–Trinajstić information content (AvgIpc) is 3.28. The van der Waals surface area contributed by atoms with E-state index in [1.165, 1.54) is 40.2 Å². The van der Waals surface area contributed by atoms with Crippen LogP contribution in [0.4, 0.5) is 5.69 Å². The molecule has 0 aromatic heterocycles. The molecule has 0 unspecified atom stereocenters. The predicted molar refractivity (Wildman–Crippen MR) is 138 cm³/mol. The number of nitrogens with zero attached hydrogens (tertiary/aromatic N) is 2. The molecule has 2 atom stereocenters. The first-order valence-electron chi connectivity index (χ1n) is 11.9. The number of esters is 2. The third kappa shape index (κ3) is 5.73. The Hall–Kier alpha value is -3.70. The van der Waals surface area contributed by atoms with Crippen molar-refractivity contribution in [3.63, 3.8) is 0 Å². The molecule has 38 heavy (non-hydrogen) atoms. The number of halogens is 1. The molecule has 2 aromatic rings. The number of rotatable bonds is 10. The molecular formula is C26H29ClN2O9. The Morgan fingerprint density at radius 2 is 1.84 bits per heavy atom. The molecule has 3 rings (SSSR count). The largest absolute Gasteiger partial charge is 0.496 e. The van der Waals surface area contributed by atoms with Gasteiger partial charge in [-0.2, -0.15) is 0 Å². The van der Waals surface area contributed by atoms with Crippen molar-refractivity contribution in [2.45, 2.75) is 39.2 Å². The van der Waals surface area contributed by atoms with Crippen LogP contribution in [0.5, 0.6) is 17.2 Å². The summed E-state index contributed by atoms with van der Waals surface area (Å²) in [6.45, 7) is 5.98. The summed E-state index contributed by atoms with van der Waals surface area (Å²) in [6.07, 6.45) is 0.585. The van der Waals surface area contributed by atoms with Gasteiger partial charge in [-0.15, -0.1) is 0 Å². The Morgan fingerprint density at radius 3 is 2.39 bits per heavy atom. The maximum absolute atomic E-state index is 13.4. The number of nitro groups is 1. The molecule has 204 valence electrons. The van der Waals surface area contributed by atoms with Crippen LogP contribution in [0.1, 0.15) is 59.4 Å². The summed E-state index contributed by atoms with van der Waals surface area (Å²) in [5.41, 5.74) is -0.297. The number of ether oxygens (including phenoxy) is 4. The summed E-state index contributed by atoms with van der Waals surface area (Å²) in [4.78, 5) is 50.6. The molecule has 1 heterocycles. The maximum Gasteiger partial charge on any atom is 0.345 e. The normalized spacial score (nSPS) is 17.1. The van der Waals surface area contributed by atoms with Crippen LogP contribution in [0.2, 0.25) is 5.02 Å². The van der Waals surface area contributed by atoms with E-state index in [1.54, 1.807) is 6.07 Å². The van der Waals surface area contributed by atoms with Crippen LogP contribution in [0.15, 0.2) is 24.3 Å². The number of carbonyl (C=O) groups is 3. The van der Waals surface area contributed by atoms with Gasteiger partial charge in [0, 0.05) is 30.5 Å². The van der Waals surface area contributed by atoms with Gasteiger partial charge in [-0.25, -0.2) is 4.79 Å². The zero-order valence-electron chi connectivity index (χ0n) is 21.7. The van der Waals surface area contributed by atoms with Crippen LogP contribution in [-0.2, 0) is 9.53 Å². The molecule has 1 fully saturated rings. The lowest BCUT2D eigenvalue weighted by atomic mass is 9.87. The van der Waals surface area contributed by atoms with E-state index < -0.39 is 33.4 Å². The quantitative estimate of drug-likeness (QED) is 0.138. The first-order chi connectivity index (χ1) is 18.0. The number of hydrogen-bond acceptors (Lipinski definition) is 10. The molecule has 1 aliphatic rings.